The summed E-state index contributed by atoms with van der Waals surface area (Å²) in [7, 11) is 1.69. The molecule has 1 aliphatic rings. The minimum Gasteiger partial charge on any atom is -0.480 e. The highest BCUT2D eigenvalue weighted by atomic mass is 16.5. The van der Waals surface area contributed by atoms with Gasteiger partial charge in [-0.1, -0.05) is 0 Å². The van der Waals surface area contributed by atoms with Crippen molar-refractivity contribution in [2.45, 2.75) is 13.2 Å². The molecular weight excluding hydrogens is 198 g/mol. The Morgan fingerprint density at radius 1 is 1.60 bits per heavy atom. The lowest BCUT2D eigenvalue weighted by Crippen LogP contribution is -2.27. The van der Waals surface area contributed by atoms with Gasteiger partial charge >= 0.3 is 5.97 Å². The summed E-state index contributed by atoms with van der Waals surface area (Å²) in [5.41, 5.74) is 1.73. The van der Waals surface area contributed by atoms with Crippen molar-refractivity contribution in [1.29, 1.82) is 0 Å². The number of nitrogens with zero attached hydrogens (tertiary/aromatic N) is 3. The first-order chi connectivity index (χ1) is 7.18. The second-order valence-electron chi connectivity index (χ2n) is 3.37. The number of anilines is 1. The molecule has 6 nitrogen and oxygen atoms in total. The summed E-state index contributed by atoms with van der Waals surface area (Å²) in [4.78, 5) is 20.3. The van der Waals surface area contributed by atoms with Crippen LogP contribution in [0.5, 0.6) is 0 Å². The number of carboxylic acid groups (broad SMARTS) is 1. The number of hydrogen-bond acceptors (Lipinski definition) is 5. The predicted octanol–water partition coefficient (Wildman–Crippen LogP) is 0.0276. The van der Waals surface area contributed by atoms with E-state index in [4.69, 9.17) is 9.84 Å². The summed E-state index contributed by atoms with van der Waals surface area (Å²) >= 11 is 0. The van der Waals surface area contributed by atoms with Crippen molar-refractivity contribution >= 4 is 11.8 Å². The smallest absolute Gasteiger partial charge is 0.323 e. The number of carboxylic acids is 1. The molecular formula is C9H11N3O3. The molecule has 0 bridgehead atoms. The van der Waals surface area contributed by atoms with Crippen LogP contribution in [0, 0.1) is 0 Å². The highest BCUT2D eigenvalue weighted by Gasteiger charge is 2.20. The number of likely N-dealkylation sites (N-methyl/N-ethyl adjacent to an activating group) is 1. The van der Waals surface area contributed by atoms with E-state index < -0.39 is 5.97 Å². The van der Waals surface area contributed by atoms with E-state index in [1.54, 1.807) is 11.9 Å². The molecule has 0 amide bonds. The fourth-order valence-electron chi connectivity index (χ4n) is 1.57. The number of carbonyl (C=O) groups is 1. The molecule has 0 unspecified atom stereocenters. The third kappa shape index (κ3) is 1.89. The molecule has 1 aromatic heterocycles. The molecule has 15 heavy (non-hydrogen) atoms. The summed E-state index contributed by atoms with van der Waals surface area (Å²) in [5, 5.41) is 8.68. The van der Waals surface area contributed by atoms with Gasteiger partial charge in [0.05, 0.1) is 18.9 Å². The van der Waals surface area contributed by atoms with Crippen LogP contribution < -0.4 is 4.90 Å². The first-order valence-corrected chi connectivity index (χ1v) is 4.52. The van der Waals surface area contributed by atoms with Crippen molar-refractivity contribution in [3.05, 3.63) is 17.6 Å². The Morgan fingerprint density at radius 3 is 3.13 bits per heavy atom. The Balaban J connectivity index is 2.28. The average Bonchev–Trinajstić information content (AvgIpc) is 2.63. The molecule has 1 N–H and O–H groups in total. The fraction of sp³-hybridized carbons (Fsp3) is 0.444. The van der Waals surface area contributed by atoms with Crippen LogP contribution in [0.25, 0.3) is 0 Å². The van der Waals surface area contributed by atoms with E-state index >= 15 is 0 Å². The zero-order valence-electron chi connectivity index (χ0n) is 8.30. The third-order valence-electron chi connectivity index (χ3n) is 2.23. The van der Waals surface area contributed by atoms with Gasteiger partial charge in [-0.25, -0.2) is 9.97 Å². The zero-order valence-corrected chi connectivity index (χ0v) is 8.30. The first-order valence-electron chi connectivity index (χ1n) is 4.52. The lowest BCUT2D eigenvalue weighted by molar-refractivity contribution is -0.135. The van der Waals surface area contributed by atoms with E-state index in [2.05, 4.69) is 9.97 Å². The number of fused-ring (bicyclic) bond motifs is 1. The van der Waals surface area contributed by atoms with Crippen LogP contribution in [0.4, 0.5) is 5.82 Å². The van der Waals surface area contributed by atoms with Crippen molar-refractivity contribution in [3.63, 3.8) is 0 Å². The number of ether oxygens (including phenoxy) is 1. The summed E-state index contributed by atoms with van der Waals surface area (Å²) in [6.45, 7) is 0.852. The monoisotopic (exact) mass is 209 g/mol. The number of aromatic nitrogens is 2. The van der Waals surface area contributed by atoms with Crippen LogP contribution in [0.3, 0.4) is 0 Å². The second kappa shape index (κ2) is 3.82. The maximum atomic E-state index is 10.6. The first kappa shape index (κ1) is 9.85. The van der Waals surface area contributed by atoms with E-state index in [0.717, 1.165) is 11.3 Å². The molecule has 0 aromatic carbocycles. The predicted molar refractivity (Wildman–Crippen MR) is 51.4 cm³/mol. The molecule has 0 aliphatic carbocycles. The average molecular weight is 209 g/mol. The van der Waals surface area contributed by atoms with Gasteiger partial charge < -0.3 is 14.7 Å². The topological polar surface area (TPSA) is 75.6 Å². The summed E-state index contributed by atoms with van der Waals surface area (Å²) in [6.07, 6.45) is 1.43. The molecule has 80 valence electrons. The molecule has 6 heteroatoms. The van der Waals surface area contributed by atoms with Gasteiger partial charge in [0.1, 0.15) is 18.7 Å². The maximum absolute atomic E-state index is 10.6. The molecule has 2 rings (SSSR count). The van der Waals surface area contributed by atoms with Crippen LogP contribution in [0.2, 0.25) is 0 Å². The number of hydrogen-bond donors (Lipinski definition) is 1. The van der Waals surface area contributed by atoms with E-state index in [-0.39, 0.29) is 6.54 Å². The minimum absolute atomic E-state index is 0.0799. The summed E-state index contributed by atoms with van der Waals surface area (Å²) < 4.78 is 5.23. The van der Waals surface area contributed by atoms with Gasteiger partial charge in [0.15, 0.2) is 0 Å². The van der Waals surface area contributed by atoms with Crippen molar-refractivity contribution in [2.24, 2.45) is 0 Å². The standard InChI is InChI=1S/C9H11N3O3/c1-12(2-8(13)14)9-6-3-15-4-7(6)10-5-11-9/h5H,2-4H2,1H3,(H,13,14). The molecule has 0 atom stereocenters. The largest absolute Gasteiger partial charge is 0.480 e. The second-order valence-corrected chi connectivity index (χ2v) is 3.37. The Bertz CT molecular complexity index is 394. The maximum Gasteiger partial charge on any atom is 0.323 e. The third-order valence-corrected chi connectivity index (χ3v) is 2.23. The van der Waals surface area contributed by atoms with Crippen LogP contribution in [0.15, 0.2) is 6.33 Å². The van der Waals surface area contributed by atoms with Gasteiger partial charge in [0.25, 0.3) is 0 Å². The molecule has 0 saturated heterocycles. The quantitative estimate of drug-likeness (QED) is 0.756. The highest BCUT2D eigenvalue weighted by molar-refractivity contribution is 5.73. The van der Waals surface area contributed by atoms with Crippen molar-refractivity contribution < 1.29 is 14.6 Å². The van der Waals surface area contributed by atoms with Crippen LogP contribution in [-0.2, 0) is 22.7 Å². The summed E-state index contributed by atoms with van der Waals surface area (Å²) in [5.74, 6) is -0.247. The Kier molecular flexibility index (Phi) is 2.51. The number of aliphatic carboxylic acids is 1. The van der Waals surface area contributed by atoms with Crippen molar-refractivity contribution in [3.8, 4) is 0 Å². The van der Waals surface area contributed by atoms with E-state index in [1.807, 2.05) is 0 Å². The van der Waals surface area contributed by atoms with Gasteiger partial charge in [-0.15, -0.1) is 0 Å². The van der Waals surface area contributed by atoms with E-state index in [0.29, 0.717) is 19.0 Å². The Hall–Kier alpha value is -1.69. The van der Waals surface area contributed by atoms with Gasteiger partial charge in [0, 0.05) is 12.6 Å². The molecule has 0 spiro atoms. The summed E-state index contributed by atoms with van der Waals surface area (Å²) in [6, 6.07) is 0. The van der Waals surface area contributed by atoms with Crippen LogP contribution in [-0.4, -0.2) is 34.6 Å². The van der Waals surface area contributed by atoms with Gasteiger partial charge in [0.2, 0.25) is 0 Å². The zero-order chi connectivity index (χ0) is 10.8. The Morgan fingerprint density at radius 2 is 2.40 bits per heavy atom. The van der Waals surface area contributed by atoms with Gasteiger partial charge in [-0.2, -0.15) is 0 Å². The van der Waals surface area contributed by atoms with Gasteiger partial charge in [-0.3, -0.25) is 4.79 Å². The SMILES string of the molecule is CN(CC(=O)O)c1ncnc2c1COC2. The van der Waals surface area contributed by atoms with Crippen LogP contribution >= 0.6 is 0 Å². The van der Waals surface area contributed by atoms with E-state index in [9.17, 15) is 4.79 Å². The van der Waals surface area contributed by atoms with Crippen molar-refractivity contribution in [1.82, 2.24) is 9.97 Å². The minimum atomic E-state index is -0.885. The fourth-order valence-corrected chi connectivity index (χ4v) is 1.57. The van der Waals surface area contributed by atoms with E-state index in [1.165, 1.54) is 6.33 Å². The lowest BCUT2D eigenvalue weighted by Gasteiger charge is -2.17. The molecule has 0 saturated carbocycles. The van der Waals surface area contributed by atoms with Gasteiger partial charge in [-0.05, 0) is 0 Å². The molecule has 0 fully saturated rings. The molecule has 0 radical (unpaired) electrons. The van der Waals surface area contributed by atoms with Crippen LogP contribution in [0.1, 0.15) is 11.3 Å². The lowest BCUT2D eigenvalue weighted by atomic mass is 10.2. The number of rotatable bonds is 3. The molecule has 1 aliphatic heterocycles. The molecule has 2 heterocycles. The molecule has 1 aromatic rings. The van der Waals surface area contributed by atoms with Crippen molar-refractivity contribution in [2.75, 3.05) is 18.5 Å². The highest BCUT2D eigenvalue weighted by Crippen LogP contribution is 2.25. The normalized spacial score (nSPS) is 13.7. The Labute approximate surface area is 86.5 Å².